The van der Waals surface area contributed by atoms with E-state index in [0.29, 0.717) is 23.5 Å². The van der Waals surface area contributed by atoms with Gasteiger partial charge in [0, 0.05) is 11.0 Å². The lowest BCUT2D eigenvalue weighted by Crippen LogP contribution is -2.39. The molecule has 1 nitrogen and oxygen atoms in total. The van der Waals surface area contributed by atoms with Gasteiger partial charge in [0.25, 0.3) is 0 Å². The Kier molecular flexibility index (Phi) is 2.89. The molecule has 1 fully saturated rings. The summed E-state index contributed by atoms with van der Waals surface area (Å²) >= 11 is 0. The van der Waals surface area contributed by atoms with Crippen LogP contribution >= 0.6 is 0 Å². The Morgan fingerprint density at radius 3 is 2.86 bits per heavy atom. The summed E-state index contributed by atoms with van der Waals surface area (Å²) in [5, 5.41) is 0. The van der Waals surface area contributed by atoms with E-state index < -0.39 is 0 Å². The van der Waals surface area contributed by atoms with Crippen molar-refractivity contribution >= 4 is 5.78 Å². The van der Waals surface area contributed by atoms with Gasteiger partial charge in [0.05, 0.1) is 0 Å². The van der Waals surface area contributed by atoms with Gasteiger partial charge in [-0.05, 0) is 61.0 Å². The summed E-state index contributed by atoms with van der Waals surface area (Å²) in [5.41, 5.74) is 3.67. The van der Waals surface area contributed by atoms with E-state index in [1.54, 1.807) is 0 Å². The van der Waals surface area contributed by atoms with Gasteiger partial charge < -0.3 is 0 Å². The van der Waals surface area contributed by atoms with Crippen LogP contribution in [0.25, 0.3) is 0 Å². The molecule has 0 radical (unpaired) electrons. The molecule has 0 saturated heterocycles. The largest absolute Gasteiger partial charge is 0.294 e. The summed E-state index contributed by atoms with van der Waals surface area (Å²) in [7, 11) is 0. The number of hydrogen-bond acceptors (Lipinski definition) is 1. The fourth-order valence-corrected chi connectivity index (χ4v) is 4.83. The number of aryl methyl sites for hydroxylation is 1. The smallest absolute Gasteiger partial charge is 0.169 e. The van der Waals surface area contributed by atoms with E-state index in [-0.39, 0.29) is 5.41 Å². The summed E-state index contributed by atoms with van der Waals surface area (Å²) in [5.74, 6) is 2.21. The van der Waals surface area contributed by atoms with Gasteiger partial charge in [0.2, 0.25) is 0 Å². The highest BCUT2D eigenvalue weighted by molar-refractivity contribution is 6.03. The number of hydrogen-bond donors (Lipinski definition) is 0. The Labute approximate surface area is 127 Å². The maximum Gasteiger partial charge on any atom is 0.169 e. The van der Waals surface area contributed by atoms with Crippen LogP contribution in [-0.2, 0) is 6.42 Å². The summed E-state index contributed by atoms with van der Waals surface area (Å²) in [6.07, 6.45) is 10.3. The van der Waals surface area contributed by atoms with Gasteiger partial charge in [0.1, 0.15) is 0 Å². The van der Waals surface area contributed by atoms with Crippen LogP contribution in [0.4, 0.5) is 0 Å². The highest BCUT2D eigenvalue weighted by atomic mass is 16.1. The van der Waals surface area contributed by atoms with Crippen molar-refractivity contribution in [3.63, 3.8) is 0 Å². The number of carbonyl (C=O) groups excluding carboxylic acids is 1. The van der Waals surface area contributed by atoms with Crippen molar-refractivity contribution in [3.8, 4) is 0 Å². The second kappa shape index (κ2) is 4.56. The molecule has 3 aliphatic carbocycles. The normalized spacial score (nSPS) is 34.5. The Morgan fingerprint density at radius 1 is 1.33 bits per heavy atom. The molecular formula is C20H24O. The van der Waals surface area contributed by atoms with Crippen LogP contribution < -0.4 is 0 Å². The van der Waals surface area contributed by atoms with Gasteiger partial charge in [-0.2, -0.15) is 0 Å². The molecule has 3 aliphatic rings. The third kappa shape index (κ3) is 1.79. The van der Waals surface area contributed by atoms with E-state index in [0.717, 1.165) is 31.2 Å². The van der Waals surface area contributed by atoms with E-state index >= 15 is 0 Å². The quantitative estimate of drug-likeness (QED) is 0.703. The molecule has 1 saturated carbocycles. The van der Waals surface area contributed by atoms with Crippen molar-refractivity contribution in [2.24, 2.45) is 17.3 Å². The first-order chi connectivity index (χ1) is 10.1. The lowest BCUT2D eigenvalue weighted by atomic mass is 9.63. The van der Waals surface area contributed by atoms with Gasteiger partial charge >= 0.3 is 0 Å². The van der Waals surface area contributed by atoms with Gasteiger partial charge in [-0.1, -0.05) is 44.2 Å². The van der Waals surface area contributed by atoms with Crippen LogP contribution in [0, 0.1) is 17.3 Å². The molecule has 1 aromatic carbocycles. The third-order valence-corrected chi connectivity index (χ3v) is 6.36. The molecule has 4 rings (SSSR count). The van der Waals surface area contributed by atoms with Crippen molar-refractivity contribution in [2.75, 3.05) is 0 Å². The third-order valence-electron chi connectivity index (χ3n) is 6.36. The van der Waals surface area contributed by atoms with Crippen LogP contribution in [0.1, 0.15) is 66.9 Å². The fraction of sp³-hybridized carbons (Fsp3) is 0.550. The molecule has 1 spiro atoms. The van der Waals surface area contributed by atoms with E-state index in [1.165, 1.54) is 17.5 Å². The predicted molar refractivity (Wildman–Crippen MR) is 85.6 cm³/mol. The monoisotopic (exact) mass is 280 g/mol. The topological polar surface area (TPSA) is 17.1 Å². The number of benzene rings is 1. The summed E-state index contributed by atoms with van der Waals surface area (Å²) in [6.45, 7) is 4.50. The standard InChI is InChI=1S/C20H24O/c1-3-13(2)15-5-7-18-16(11-15)8-9-20(19(18)21)12-14-4-6-17(20)10-14/h4-7,11,13-14,17H,3,8-10,12H2,1-2H3. The Bertz CT molecular complexity index is 627. The highest BCUT2D eigenvalue weighted by Gasteiger charge is 2.54. The first-order valence-corrected chi connectivity index (χ1v) is 8.50. The van der Waals surface area contributed by atoms with Crippen LogP contribution in [0.2, 0.25) is 0 Å². The molecule has 1 aromatic rings. The average molecular weight is 280 g/mol. The van der Waals surface area contributed by atoms with Crippen LogP contribution in [0.5, 0.6) is 0 Å². The molecule has 110 valence electrons. The highest BCUT2D eigenvalue weighted by Crippen LogP contribution is 2.57. The number of ketones is 1. The molecule has 4 unspecified atom stereocenters. The SMILES string of the molecule is CCC(C)c1ccc2c(c1)CCC1(CC3C=CC1C3)C2=O. The first kappa shape index (κ1) is 13.3. The van der Waals surface area contributed by atoms with E-state index in [4.69, 9.17) is 0 Å². The number of rotatable bonds is 2. The molecule has 0 N–H and O–H groups in total. The molecule has 0 aromatic heterocycles. The zero-order chi connectivity index (χ0) is 14.6. The number of Topliss-reactive ketones (excluding diaryl/α,β-unsaturated/α-hetero) is 1. The number of carbonyl (C=O) groups is 1. The van der Waals surface area contributed by atoms with Crippen molar-refractivity contribution in [3.05, 3.63) is 47.0 Å². The van der Waals surface area contributed by atoms with Gasteiger partial charge in [0.15, 0.2) is 5.78 Å². The zero-order valence-corrected chi connectivity index (χ0v) is 13.1. The van der Waals surface area contributed by atoms with Crippen molar-refractivity contribution in [1.82, 2.24) is 0 Å². The molecule has 0 aliphatic heterocycles. The molecule has 21 heavy (non-hydrogen) atoms. The maximum atomic E-state index is 13.1. The summed E-state index contributed by atoms with van der Waals surface area (Å²) < 4.78 is 0. The fourth-order valence-electron chi connectivity index (χ4n) is 4.83. The molecule has 4 atom stereocenters. The minimum absolute atomic E-state index is 0.0513. The van der Waals surface area contributed by atoms with Gasteiger partial charge in [-0.25, -0.2) is 0 Å². The molecule has 1 heteroatoms. The summed E-state index contributed by atoms with van der Waals surface area (Å²) in [4.78, 5) is 13.1. The van der Waals surface area contributed by atoms with E-state index in [1.807, 2.05) is 0 Å². The van der Waals surface area contributed by atoms with Crippen molar-refractivity contribution in [1.29, 1.82) is 0 Å². The van der Waals surface area contributed by atoms with Crippen LogP contribution in [0.15, 0.2) is 30.4 Å². The van der Waals surface area contributed by atoms with Crippen LogP contribution in [-0.4, -0.2) is 5.78 Å². The predicted octanol–water partition coefficient (Wildman–Crippen LogP) is 4.91. The first-order valence-electron chi connectivity index (χ1n) is 8.50. The Morgan fingerprint density at radius 2 is 2.19 bits per heavy atom. The minimum atomic E-state index is -0.0513. The van der Waals surface area contributed by atoms with Crippen molar-refractivity contribution in [2.45, 2.75) is 51.9 Å². The molecule has 0 heterocycles. The van der Waals surface area contributed by atoms with Gasteiger partial charge in [-0.15, -0.1) is 0 Å². The molecule has 0 amide bonds. The molecule has 2 bridgehead atoms. The molecular weight excluding hydrogens is 256 g/mol. The van der Waals surface area contributed by atoms with Crippen molar-refractivity contribution < 1.29 is 4.79 Å². The maximum absolute atomic E-state index is 13.1. The Balaban J connectivity index is 1.71. The van der Waals surface area contributed by atoms with E-state index in [2.05, 4.69) is 44.2 Å². The van der Waals surface area contributed by atoms with Gasteiger partial charge in [-0.3, -0.25) is 4.79 Å². The zero-order valence-electron chi connectivity index (χ0n) is 13.1. The second-order valence-electron chi connectivity index (χ2n) is 7.40. The number of fused-ring (bicyclic) bond motifs is 4. The van der Waals surface area contributed by atoms with E-state index in [9.17, 15) is 4.79 Å². The second-order valence-corrected chi connectivity index (χ2v) is 7.40. The minimum Gasteiger partial charge on any atom is -0.294 e. The van der Waals surface area contributed by atoms with Crippen LogP contribution in [0.3, 0.4) is 0 Å². The lowest BCUT2D eigenvalue weighted by Gasteiger charge is -2.38. The lowest BCUT2D eigenvalue weighted by molar-refractivity contribution is 0.0702. The Hall–Kier alpha value is -1.37. The average Bonchev–Trinajstić information content (AvgIpc) is 3.11. The number of allylic oxidation sites excluding steroid dienone is 2. The summed E-state index contributed by atoms with van der Waals surface area (Å²) in [6, 6.07) is 6.61.